The van der Waals surface area contributed by atoms with Gasteiger partial charge in [0.25, 0.3) is 5.91 Å². The Bertz CT molecular complexity index is 984. The SMILES string of the molecule is COc1ccc(Cc2sc(NC(=O)C3COc4ccccc4O3)nc2C)cc1. The van der Waals surface area contributed by atoms with Crippen molar-refractivity contribution in [3.05, 3.63) is 64.7 Å². The fourth-order valence-corrected chi connectivity index (χ4v) is 3.91. The first-order valence-electron chi connectivity index (χ1n) is 8.91. The Kier molecular flexibility index (Phi) is 5.16. The summed E-state index contributed by atoms with van der Waals surface area (Å²) in [4.78, 5) is 18.2. The zero-order valence-electron chi connectivity index (χ0n) is 15.6. The molecule has 0 spiro atoms. The number of methoxy groups -OCH3 is 1. The van der Waals surface area contributed by atoms with Gasteiger partial charge in [-0.05, 0) is 36.8 Å². The van der Waals surface area contributed by atoms with E-state index >= 15 is 0 Å². The number of aromatic nitrogens is 1. The highest BCUT2D eigenvalue weighted by Gasteiger charge is 2.28. The summed E-state index contributed by atoms with van der Waals surface area (Å²) >= 11 is 1.47. The fraction of sp³-hybridized carbons (Fsp3) is 0.238. The Morgan fingerprint density at radius 1 is 1.21 bits per heavy atom. The van der Waals surface area contributed by atoms with Crippen LogP contribution in [0.15, 0.2) is 48.5 Å². The summed E-state index contributed by atoms with van der Waals surface area (Å²) < 4.78 is 16.5. The number of anilines is 1. The third kappa shape index (κ3) is 3.94. The maximum atomic E-state index is 12.6. The van der Waals surface area contributed by atoms with Crippen molar-refractivity contribution in [1.29, 1.82) is 0 Å². The zero-order chi connectivity index (χ0) is 19.5. The predicted octanol–water partition coefficient (Wildman–Crippen LogP) is 3.83. The second-order valence-electron chi connectivity index (χ2n) is 6.41. The number of nitrogens with one attached hydrogen (secondary N) is 1. The third-order valence-electron chi connectivity index (χ3n) is 4.45. The number of carbonyl (C=O) groups is 1. The fourth-order valence-electron chi connectivity index (χ4n) is 2.91. The number of carbonyl (C=O) groups excluding carboxylic acids is 1. The first-order chi connectivity index (χ1) is 13.6. The van der Waals surface area contributed by atoms with Crippen LogP contribution in [0.3, 0.4) is 0 Å². The van der Waals surface area contributed by atoms with Gasteiger partial charge >= 0.3 is 0 Å². The van der Waals surface area contributed by atoms with Gasteiger partial charge < -0.3 is 14.2 Å². The Labute approximate surface area is 167 Å². The van der Waals surface area contributed by atoms with Crippen molar-refractivity contribution < 1.29 is 19.0 Å². The molecule has 144 valence electrons. The lowest BCUT2D eigenvalue weighted by molar-refractivity contribution is -0.125. The lowest BCUT2D eigenvalue weighted by Crippen LogP contribution is -2.40. The molecule has 0 bridgehead atoms. The molecule has 4 rings (SSSR count). The summed E-state index contributed by atoms with van der Waals surface area (Å²) in [6, 6.07) is 15.2. The van der Waals surface area contributed by atoms with Crippen molar-refractivity contribution in [3.8, 4) is 17.2 Å². The second-order valence-corrected chi connectivity index (χ2v) is 7.49. The molecule has 1 amide bonds. The highest BCUT2D eigenvalue weighted by molar-refractivity contribution is 7.15. The van der Waals surface area contributed by atoms with Crippen LogP contribution in [0.4, 0.5) is 5.13 Å². The summed E-state index contributed by atoms with van der Waals surface area (Å²) in [5.41, 5.74) is 2.06. The lowest BCUT2D eigenvalue weighted by atomic mass is 10.1. The molecular formula is C21H20N2O4S. The number of para-hydroxylation sites is 2. The number of nitrogens with zero attached hydrogens (tertiary/aromatic N) is 1. The highest BCUT2D eigenvalue weighted by atomic mass is 32.1. The van der Waals surface area contributed by atoms with E-state index in [1.54, 1.807) is 13.2 Å². The number of benzene rings is 2. The molecule has 2 heterocycles. The Morgan fingerprint density at radius 2 is 1.96 bits per heavy atom. The van der Waals surface area contributed by atoms with Crippen molar-refractivity contribution in [3.63, 3.8) is 0 Å². The molecule has 1 unspecified atom stereocenters. The van der Waals surface area contributed by atoms with Crippen LogP contribution in [0.25, 0.3) is 0 Å². The molecule has 7 heteroatoms. The molecule has 1 atom stereocenters. The molecule has 1 aromatic heterocycles. The van der Waals surface area contributed by atoms with Crippen molar-refractivity contribution >= 4 is 22.4 Å². The maximum Gasteiger partial charge on any atom is 0.270 e. The number of rotatable bonds is 5. The lowest BCUT2D eigenvalue weighted by Gasteiger charge is -2.25. The molecule has 0 saturated carbocycles. The molecule has 6 nitrogen and oxygen atoms in total. The summed E-state index contributed by atoms with van der Waals surface area (Å²) in [7, 11) is 1.65. The number of thiazole rings is 1. The molecule has 1 N–H and O–H groups in total. The predicted molar refractivity (Wildman–Crippen MR) is 108 cm³/mol. The normalized spacial score (nSPS) is 15.1. The summed E-state index contributed by atoms with van der Waals surface area (Å²) in [5.74, 6) is 1.79. The van der Waals surface area contributed by atoms with Gasteiger partial charge in [0.05, 0.1) is 12.8 Å². The smallest absolute Gasteiger partial charge is 0.270 e. The molecule has 1 aliphatic heterocycles. The standard InChI is InChI=1S/C21H20N2O4S/c1-13-19(11-14-7-9-15(25-2)10-8-14)28-21(22-13)23-20(24)18-12-26-16-5-3-4-6-17(16)27-18/h3-10,18H,11-12H2,1-2H3,(H,22,23,24). The van der Waals surface area contributed by atoms with Gasteiger partial charge in [-0.2, -0.15) is 0 Å². The largest absolute Gasteiger partial charge is 0.497 e. The summed E-state index contributed by atoms with van der Waals surface area (Å²) in [6.07, 6.45) is 0.0453. The number of ether oxygens (including phenoxy) is 3. The number of hydrogen-bond donors (Lipinski definition) is 1. The minimum absolute atomic E-state index is 0.173. The van der Waals surface area contributed by atoms with Crippen molar-refractivity contribution in [2.45, 2.75) is 19.4 Å². The third-order valence-corrected chi connectivity index (χ3v) is 5.52. The molecule has 0 aliphatic carbocycles. The Morgan fingerprint density at radius 3 is 2.71 bits per heavy atom. The van der Waals surface area contributed by atoms with E-state index < -0.39 is 6.10 Å². The van der Waals surface area contributed by atoms with E-state index in [0.29, 0.717) is 16.6 Å². The Hall–Kier alpha value is -3.06. The van der Waals surface area contributed by atoms with Crippen LogP contribution in [0.2, 0.25) is 0 Å². The van der Waals surface area contributed by atoms with Crippen molar-refractivity contribution in [1.82, 2.24) is 4.98 Å². The Balaban J connectivity index is 1.41. The highest BCUT2D eigenvalue weighted by Crippen LogP contribution is 2.31. The molecule has 0 radical (unpaired) electrons. The van der Waals surface area contributed by atoms with Crippen molar-refractivity contribution in [2.24, 2.45) is 0 Å². The van der Waals surface area contributed by atoms with Gasteiger partial charge in [0, 0.05) is 11.3 Å². The minimum Gasteiger partial charge on any atom is -0.497 e. The molecule has 2 aromatic carbocycles. The quantitative estimate of drug-likeness (QED) is 0.710. The molecule has 3 aromatic rings. The number of fused-ring (bicyclic) bond motifs is 1. The van der Waals surface area contributed by atoms with E-state index in [1.165, 1.54) is 11.3 Å². The zero-order valence-corrected chi connectivity index (χ0v) is 16.4. The maximum absolute atomic E-state index is 12.6. The van der Waals surface area contributed by atoms with Crippen LogP contribution in [0.5, 0.6) is 17.2 Å². The van der Waals surface area contributed by atoms with Gasteiger partial charge in [0.1, 0.15) is 12.4 Å². The van der Waals surface area contributed by atoms with Gasteiger partial charge in [-0.1, -0.05) is 24.3 Å². The number of aryl methyl sites for hydroxylation is 1. The van der Waals surface area contributed by atoms with Gasteiger partial charge in [-0.3, -0.25) is 10.1 Å². The van der Waals surface area contributed by atoms with Crippen LogP contribution in [0, 0.1) is 6.92 Å². The van der Waals surface area contributed by atoms with Crippen LogP contribution in [-0.4, -0.2) is 30.7 Å². The summed E-state index contributed by atoms with van der Waals surface area (Å²) in [6.45, 7) is 2.12. The monoisotopic (exact) mass is 396 g/mol. The van der Waals surface area contributed by atoms with Crippen molar-refractivity contribution in [2.75, 3.05) is 19.0 Å². The molecular weight excluding hydrogens is 376 g/mol. The number of hydrogen-bond acceptors (Lipinski definition) is 6. The molecule has 0 saturated heterocycles. The topological polar surface area (TPSA) is 69.7 Å². The van der Waals surface area contributed by atoms with Crippen LogP contribution >= 0.6 is 11.3 Å². The average Bonchev–Trinajstić information content (AvgIpc) is 3.06. The van der Waals surface area contributed by atoms with E-state index in [9.17, 15) is 4.79 Å². The van der Waals surface area contributed by atoms with E-state index in [2.05, 4.69) is 10.3 Å². The van der Waals surface area contributed by atoms with E-state index in [-0.39, 0.29) is 12.5 Å². The van der Waals surface area contributed by atoms with Crippen LogP contribution < -0.4 is 19.5 Å². The first-order valence-corrected chi connectivity index (χ1v) is 9.72. The number of amides is 1. The van der Waals surface area contributed by atoms with Crippen LogP contribution in [0.1, 0.15) is 16.1 Å². The van der Waals surface area contributed by atoms with Gasteiger partial charge in [0.15, 0.2) is 16.6 Å². The van der Waals surface area contributed by atoms with Gasteiger partial charge in [0.2, 0.25) is 6.10 Å². The summed E-state index contributed by atoms with van der Waals surface area (Å²) in [5, 5.41) is 3.41. The van der Waals surface area contributed by atoms with Gasteiger partial charge in [-0.25, -0.2) is 4.98 Å². The molecule has 1 aliphatic rings. The minimum atomic E-state index is -0.704. The second kappa shape index (κ2) is 7.90. The molecule has 0 fully saturated rings. The molecule has 28 heavy (non-hydrogen) atoms. The van der Waals surface area contributed by atoms with E-state index in [4.69, 9.17) is 14.2 Å². The average molecular weight is 396 g/mol. The van der Waals surface area contributed by atoms with E-state index in [0.717, 1.165) is 28.3 Å². The van der Waals surface area contributed by atoms with Gasteiger partial charge in [-0.15, -0.1) is 11.3 Å². The van der Waals surface area contributed by atoms with E-state index in [1.807, 2.05) is 49.4 Å². The van der Waals surface area contributed by atoms with Crippen LogP contribution in [-0.2, 0) is 11.2 Å². The first kappa shape index (κ1) is 18.3.